The minimum absolute atomic E-state index is 0.0369. The molecule has 1 saturated heterocycles. The van der Waals surface area contributed by atoms with Crippen molar-refractivity contribution in [1.29, 1.82) is 0 Å². The van der Waals surface area contributed by atoms with Gasteiger partial charge < -0.3 is 19.7 Å². The number of benzene rings is 1. The monoisotopic (exact) mass is 386 g/mol. The Balaban J connectivity index is 1.47. The molecule has 1 aromatic carbocycles. The zero-order chi connectivity index (χ0) is 19.9. The van der Waals surface area contributed by atoms with Gasteiger partial charge in [0.25, 0.3) is 0 Å². The number of carbonyl (C=O) groups excluding carboxylic acids is 2. The molecular formula is C23H34N2O3. The minimum atomic E-state index is -1.08. The number of aliphatic carboxylic acids is 1. The Morgan fingerprint density at radius 3 is 2.32 bits per heavy atom. The number of carbonyl (C=O) groups is 2. The van der Waals surface area contributed by atoms with Crippen LogP contribution >= 0.6 is 0 Å². The molecule has 1 aliphatic heterocycles. The van der Waals surface area contributed by atoms with Crippen molar-refractivity contribution in [2.45, 2.75) is 70.3 Å². The second kappa shape index (κ2) is 10.1. The summed E-state index contributed by atoms with van der Waals surface area (Å²) in [5.41, 5.74) is 2.88. The smallest absolute Gasteiger partial charge is 0.222 e. The molecular weight excluding hydrogens is 352 g/mol. The van der Waals surface area contributed by atoms with Gasteiger partial charge in [0.05, 0.1) is 26.2 Å². The molecule has 1 aliphatic carbocycles. The van der Waals surface area contributed by atoms with Crippen LogP contribution in [0.15, 0.2) is 24.3 Å². The standard InChI is InChI=1S/C23H34N2O3/c1-18(19-10-12-21(13-11-19)20-6-3-2-4-7-20)24-14-16-25(17-15-24)22(26)8-5-9-23(27)28/h10-13,18,20H,2-9,14-17H2,1H3,(H,27,28)/t18-/m0/s1. The minimum Gasteiger partial charge on any atom is -0.550 e. The highest BCUT2D eigenvalue weighted by molar-refractivity contribution is 5.76. The molecule has 0 aromatic heterocycles. The van der Waals surface area contributed by atoms with Crippen LogP contribution in [-0.2, 0) is 9.59 Å². The van der Waals surface area contributed by atoms with Gasteiger partial charge in [-0.1, -0.05) is 43.5 Å². The summed E-state index contributed by atoms with van der Waals surface area (Å²) in [5, 5.41) is 10.5. The molecule has 1 heterocycles. The van der Waals surface area contributed by atoms with Crippen molar-refractivity contribution < 1.29 is 19.6 Å². The van der Waals surface area contributed by atoms with Crippen LogP contribution in [0.5, 0.6) is 0 Å². The number of carboxylic acid groups (broad SMARTS) is 1. The summed E-state index contributed by atoms with van der Waals surface area (Å²) in [6.45, 7) is 5.67. The maximum absolute atomic E-state index is 12.2. The molecule has 154 valence electrons. The number of piperazine rings is 1. The second-order valence-electron chi connectivity index (χ2n) is 8.49. The number of carboxylic acids is 1. The van der Waals surface area contributed by atoms with Crippen LogP contribution in [0.4, 0.5) is 0 Å². The Hall–Kier alpha value is -1.88. The maximum Gasteiger partial charge on any atom is 0.222 e. The van der Waals surface area contributed by atoms with Crippen molar-refractivity contribution in [2.24, 2.45) is 0 Å². The normalized spacial score (nSPS) is 20.1. The molecule has 0 bridgehead atoms. The lowest BCUT2D eigenvalue weighted by Gasteiger charge is -2.35. The third kappa shape index (κ3) is 5.57. The first-order valence-corrected chi connectivity index (χ1v) is 11.0. The number of hydrogen-bond acceptors (Lipinski definition) is 3. The summed E-state index contributed by atoms with van der Waals surface area (Å²) >= 11 is 0. The van der Waals surface area contributed by atoms with Gasteiger partial charge in [-0.25, -0.2) is 0 Å². The van der Waals surface area contributed by atoms with Crippen molar-refractivity contribution in [2.75, 3.05) is 26.2 Å². The summed E-state index contributed by atoms with van der Waals surface area (Å²) < 4.78 is 0. The van der Waals surface area contributed by atoms with E-state index in [9.17, 15) is 14.7 Å². The molecule has 0 unspecified atom stereocenters. The van der Waals surface area contributed by atoms with Crippen molar-refractivity contribution in [3.63, 3.8) is 0 Å². The van der Waals surface area contributed by atoms with Gasteiger partial charge in [0.15, 0.2) is 0 Å². The number of nitrogens with zero attached hydrogens (tertiary/aromatic N) is 1. The van der Waals surface area contributed by atoms with Crippen molar-refractivity contribution >= 4 is 11.9 Å². The summed E-state index contributed by atoms with van der Waals surface area (Å²) in [6.07, 6.45) is 7.43. The zero-order valence-corrected chi connectivity index (χ0v) is 17.1. The van der Waals surface area contributed by atoms with Gasteiger partial charge in [-0.05, 0) is 44.1 Å². The molecule has 3 rings (SSSR count). The fraction of sp³-hybridized carbons (Fsp3) is 0.652. The highest BCUT2D eigenvalue weighted by Crippen LogP contribution is 2.32. The van der Waals surface area contributed by atoms with E-state index < -0.39 is 5.97 Å². The lowest BCUT2D eigenvalue weighted by Crippen LogP contribution is -3.14. The molecule has 2 fully saturated rings. The van der Waals surface area contributed by atoms with Gasteiger partial charge in [0, 0.05) is 18.0 Å². The van der Waals surface area contributed by atoms with E-state index in [1.807, 2.05) is 4.90 Å². The fourth-order valence-electron chi connectivity index (χ4n) is 4.75. The highest BCUT2D eigenvalue weighted by atomic mass is 16.4. The summed E-state index contributed by atoms with van der Waals surface area (Å²) in [5.74, 6) is -0.257. The molecule has 1 N–H and O–H groups in total. The molecule has 1 aromatic rings. The first-order chi connectivity index (χ1) is 13.5. The van der Waals surface area contributed by atoms with E-state index in [0.29, 0.717) is 18.9 Å². The van der Waals surface area contributed by atoms with Crippen molar-refractivity contribution in [1.82, 2.24) is 4.90 Å². The topological polar surface area (TPSA) is 64.9 Å². The van der Waals surface area contributed by atoms with Crippen molar-refractivity contribution in [3.05, 3.63) is 35.4 Å². The molecule has 1 amide bonds. The predicted octanol–water partition coefficient (Wildman–Crippen LogP) is 1.44. The van der Waals surface area contributed by atoms with Crippen LogP contribution in [0, 0.1) is 0 Å². The Morgan fingerprint density at radius 2 is 1.71 bits per heavy atom. The molecule has 1 saturated carbocycles. The van der Waals surface area contributed by atoms with Crippen LogP contribution in [0.2, 0.25) is 0 Å². The van der Waals surface area contributed by atoms with Crippen LogP contribution in [0.3, 0.4) is 0 Å². The van der Waals surface area contributed by atoms with Crippen LogP contribution in [-0.4, -0.2) is 43.0 Å². The van der Waals surface area contributed by atoms with E-state index in [1.165, 1.54) is 48.1 Å². The number of amides is 1. The van der Waals surface area contributed by atoms with E-state index in [0.717, 1.165) is 32.1 Å². The first kappa shape index (κ1) is 20.8. The summed E-state index contributed by atoms with van der Waals surface area (Å²) in [6, 6.07) is 9.70. The van der Waals surface area contributed by atoms with Gasteiger partial charge in [-0.2, -0.15) is 0 Å². The molecule has 28 heavy (non-hydrogen) atoms. The SMILES string of the molecule is C[C@@H](c1ccc(C2CCCCC2)cc1)[NH+]1CCN(C(=O)CCCC(=O)[O-])CC1. The molecule has 0 spiro atoms. The van der Waals surface area contributed by atoms with Crippen LogP contribution in [0.1, 0.15) is 81.4 Å². The van der Waals surface area contributed by atoms with Crippen molar-refractivity contribution in [3.8, 4) is 0 Å². The Labute approximate surface area is 168 Å². The zero-order valence-electron chi connectivity index (χ0n) is 17.1. The number of rotatable bonds is 7. The second-order valence-corrected chi connectivity index (χ2v) is 8.49. The lowest BCUT2D eigenvalue weighted by molar-refractivity contribution is -0.933. The molecule has 0 radical (unpaired) electrons. The average molecular weight is 387 g/mol. The van der Waals surface area contributed by atoms with Gasteiger partial charge in [0.2, 0.25) is 5.91 Å². The summed E-state index contributed by atoms with van der Waals surface area (Å²) in [4.78, 5) is 26.1. The van der Waals surface area contributed by atoms with Crippen LogP contribution < -0.4 is 10.0 Å². The summed E-state index contributed by atoms with van der Waals surface area (Å²) in [7, 11) is 0. The Morgan fingerprint density at radius 1 is 1.07 bits per heavy atom. The van der Waals surface area contributed by atoms with E-state index >= 15 is 0 Å². The third-order valence-electron chi connectivity index (χ3n) is 6.66. The van der Waals surface area contributed by atoms with E-state index in [4.69, 9.17) is 0 Å². The van der Waals surface area contributed by atoms with E-state index in [1.54, 1.807) is 0 Å². The fourth-order valence-corrected chi connectivity index (χ4v) is 4.75. The average Bonchev–Trinajstić information content (AvgIpc) is 2.74. The number of quaternary nitrogens is 1. The lowest BCUT2D eigenvalue weighted by atomic mass is 9.83. The van der Waals surface area contributed by atoms with Gasteiger partial charge in [-0.15, -0.1) is 0 Å². The largest absolute Gasteiger partial charge is 0.550 e. The number of nitrogens with one attached hydrogen (secondary N) is 1. The molecule has 2 aliphatic rings. The number of hydrogen-bond donors (Lipinski definition) is 1. The Bertz CT molecular complexity index is 644. The quantitative estimate of drug-likeness (QED) is 0.771. The molecule has 5 heteroatoms. The molecule has 1 atom stereocenters. The predicted molar refractivity (Wildman–Crippen MR) is 107 cm³/mol. The van der Waals surface area contributed by atoms with Gasteiger partial charge in [0.1, 0.15) is 6.04 Å². The Kier molecular flexibility index (Phi) is 7.49. The first-order valence-electron chi connectivity index (χ1n) is 11.0. The third-order valence-corrected chi connectivity index (χ3v) is 6.66. The van der Waals surface area contributed by atoms with E-state index in [2.05, 4.69) is 31.2 Å². The van der Waals surface area contributed by atoms with E-state index in [-0.39, 0.29) is 12.3 Å². The van der Waals surface area contributed by atoms with Gasteiger partial charge >= 0.3 is 0 Å². The molecule has 5 nitrogen and oxygen atoms in total. The highest BCUT2D eigenvalue weighted by Gasteiger charge is 2.27. The van der Waals surface area contributed by atoms with Gasteiger partial charge in [-0.3, -0.25) is 4.79 Å². The maximum atomic E-state index is 12.2. The van der Waals surface area contributed by atoms with Crippen LogP contribution in [0.25, 0.3) is 0 Å².